The number of hydrogen-bond acceptors (Lipinski definition) is 5. The first-order valence-corrected chi connectivity index (χ1v) is 26.1. The average Bonchev–Trinajstić information content (AvgIpc) is 3.47. The van der Waals surface area contributed by atoms with Crippen molar-refractivity contribution in [1.82, 2.24) is 0 Å². The fourth-order valence-corrected chi connectivity index (χ4v) is 11.9. The van der Waals surface area contributed by atoms with E-state index in [4.69, 9.17) is 18.9 Å². The molecule has 1 saturated carbocycles. The molecule has 11 rings (SSSR count). The number of benzene rings is 6. The van der Waals surface area contributed by atoms with Gasteiger partial charge in [0.25, 0.3) is 5.91 Å². The smallest absolute Gasteiger partial charge is 0.417 e. The fraction of sp³-hybridized carbons (Fsp3) is 0.277. The lowest BCUT2D eigenvalue weighted by molar-refractivity contribution is -0.137. The predicted octanol–water partition coefficient (Wildman–Crippen LogP) is 14.8. The highest BCUT2D eigenvalue weighted by Gasteiger charge is 2.50. The van der Waals surface area contributed by atoms with Crippen LogP contribution in [0.15, 0.2) is 181 Å². The number of anilines is 1. The predicted molar refractivity (Wildman–Crippen MR) is 287 cm³/mol. The van der Waals surface area contributed by atoms with Crippen molar-refractivity contribution in [3.05, 3.63) is 224 Å². The second-order valence-electron chi connectivity index (χ2n) is 20.1. The zero-order valence-electron chi connectivity index (χ0n) is 42.1. The number of nitrogens with one attached hydrogen (secondary N) is 1. The number of ether oxygens (including phenoxy) is 4. The molecule has 6 aromatic rings. The van der Waals surface area contributed by atoms with Gasteiger partial charge >= 0.3 is 6.18 Å². The molecule has 0 saturated heterocycles. The number of carbonyl (C=O) groups is 1. The number of alkyl halides is 3. The molecule has 6 nitrogen and oxygen atoms in total. The lowest BCUT2D eigenvalue weighted by Crippen LogP contribution is -2.49. The standard InChI is InChI=1S/C65H60F3NO5/c1-4-5-6-11-41-16-18-42(19-17-41)43-20-22-44(23-21-43)45-24-26-46(27-25-45)63(70)69-49-32-37-54(58(40-49)65(66,67)68)59-39-38-56-61(73-59)53-13-8-7-12-52(53)60-55-14-9-10-15-57(55)64(74-62(56)60,47-28-33-50(71-2)34-29-47)48-30-35-51(72-3)36-31-48/h7-8,10,12-13,15,20-42,62H,4-6,9,11,14,16-19H2,1-3H3,(H,69,70). The first-order chi connectivity index (χ1) is 36.1. The van der Waals surface area contributed by atoms with Crippen LogP contribution in [0.5, 0.6) is 11.5 Å². The maximum atomic E-state index is 15.2. The minimum absolute atomic E-state index is 0.0119. The number of carbonyl (C=O) groups excluding carboxylic acids is 1. The van der Waals surface area contributed by atoms with Gasteiger partial charge < -0.3 is 24.3 Å². The summed E-state index contributed by atoms with van der Waals surface area (Å²) in [6.45, 7) is 2.26. The average molecular weight is 992 g/mol. The van der Waals surface area contributed by atoms with Crippen LogP contribution in [-0.4, -0.2) is 26.2 Å². The van der Waals surface area contributed by atoms with Crippen LogP contribution in [0, 0.1) is 5.92 Å². The Labute approximate surface area is 431 Å². The minimum atomic E-state index is -4.79. The van der Waals surface area contributed by atoms with Gasteiger partial charge in [0.1, 0.15) is 34.7 Å². The third-order valence-corrected chi connectivity index (χ3v) is 15.8. The Balaban J connectivity index is 0.880. The number of hydrogen-bond donors (Lipinski definition) is 1. The summed E-state index contributed by atoms with van der Waals surface area (Å²) in [7, 11) is 3.27. The van der Waals surface area contributed by atoms with Gasteiger partial charge in [0.15, 0.2) is 0 Å². The number of allylic oxidation sites excluding steroid dienone is 3. The molecule has 74 heavy (non-hydrogen) atoms. The molecule has 3 aliphatic carbocycles. The van der Waals surface area contributed by atoms with Crippen LogP contribution in [0.1, 0.15) is 115 Å². The maximum absolute atomic E-state index is 15.2. The summed E-state index contributed by atoms with van der Waals surface area (Å²) in [4.78, 5) is 13.6. The Hall–Kier alpha value is -7.36. The van der Waals surface area contributed by atoms with Gasteiger partial charge in [-0.3, -0.25) is 4.79 Å². The van der Waals surface area contributed by atoms with Crippen molar-refractivity contribution in [2.24, 2.45) is 5.92 Å². The van der Waals surface area contributed by atoms with Gasteiger partial charge in [-0.1, -0.05) is 130 Å². The van der Waals surface area contributed by atoms with Crippen LogP contribution in [0.4, 0.5) is 18.9 Å². The summed E-state index contributed by atoms with van der Waals surface area (Å²) in [6.07, 6.45) is 14.3. The number of halogens is 3. The van der Waals surface area contributed by atoms with Gasteiger partial charge in [0, 0.05) is 27.6 Å². The Morgan fingerprint density at radius 2 is 1.39 bits per heavy atom. The number of methoxy groups -OCH3 is 2. The van der Waals surface area contributed by atoms with Crippen LogP contribution in [0.2, 0.25) is 0 Å². The molecule has 9 heteroatoms. The number of amides is 1. The summed E-state index contributed by atoms with van der Waals surface area (Å²) in [6, 6.07) is 43.4. The van der Waals surface area contributed by atoms with E-state index in [-0.39, 0.29) is 17.0 Å². The van der Waals surface area contributed by atoms with Crippen molar-refractivity contribution in [1.29, 1.82) is 0 Å². The molecule has 0 aromatic heterocycles. The van der Waals surface area contributed by atoms with Gasteiger partial charge in [-0.15, -0.1) is 0 Å². The molecule has 376 valence electrons. The van der Waals surface area contributed by atoms with E-state index in [1.807, 2.05) is 91.0 Å². The topological polar surface area (TPSA) is 66.0 Å². The summed E-state index contributed by atoms with van der Waals surface area (Å²) < 4.78 is 71.2. The second kappa shape index (κ2) is 20.5. The van der Waals surface area contributed by atoms with Gasteiger partial charge in [-0.2, -0.15) is 13.2 Å². The van der Waals surface area contributed by atoms with Crippen molar-refractivity contribution in [3.63, 3.8) is 0 Å². The molecular formula is C65H60F3NO5. The molecule has 6 aromatic carbocycles. The van der Waals surface area contributed by atoms with E-state index < -0.39 is 29.4 Å². The summed E-state index contributed by atoms with van der Waals surface area (Å²) in [5.41, 5.74) is 7.15. The number of unbranched alkanes of at least 4 members (excludes halogenated alkanes) is 2. The zero-order valence-corrected chi connectivity index (χ0v) is 42.1. The molecule has 1 atom stereocenters. The zero-order chi connectivity index (χ0) is 51.0. The molecule has 1 amide bonds. The van der Waals surface area contributed by atoms with Crippen LogP contribution in [0.25, 0.3) is 28.2 Å². The third kappa shape index (κ3) is 9.21. The number of fused-ring (bicyclic) bond motifs is 5. The molecular weight excluding hydrogens is 932 g/mol. The van der Waals surface area contributed by atoms with Crippen molar-refractivity contribution >= 4 is 28.7 Å². The van der Waals surface area contributed by atoms with E-state index in [2.05, 4.69) is 48.7 Å². The van der Waals surface area contributed by atoms with Gasteiger partial charge in [-0.05, 0) is 167 Å². The van der Waals surface area contributed by atoms with Crippen molar-refractivity contribution in [2.75, 3.05) is 19.5 Å². The van der Waals surface area contributed by atoms with Crippen molar-refractivity contribution < 1.29 is 36.9 Å². The van der Waals surface area contributed by atoms with Crippen LogP contribution in [0.3, 0.4) is 0 Å². The second-order valence-corrected chi connectivity index (χ2v) is 20.1. The first-order valence-electron chi connectivity index (χ1n) is 26.1. The Kier molecular flexibility index (Phi) is 13.5. The van der Waals surface area contributed by atoms with Crippen LogP contribution < -0.4 is 25.2 Å². The van der Waals surface area contributed by atoms with Crippen LogP contribution >= 0.6 is 0 Å². The highest BCUT2D eigenvalue weighted by atomic mass is 19.4. The first kappa shape index (κ1) is 48.9. The quantitative estimate of drug-likeness (QED) is 0.117. The van der Waals surface area contributed by atoms with Gasteiger partial charge in [0.2, 0.25) is 0 Å². The number of rotatable bonds is 13. The largest absolute Gasteiger partial charge is 0.497 e. The fourth-order valence-electron chi connectivity index (χ4n) is 11.9. The lowest BCUT2D eigenvalue weighted by Gasteiger charge is -2.48. The molecule has 5 aliphatic rings. The summed E-state index contributed by atoms with van der Waals surface area (Å²) >= 11 is 0. The maximum Gasteiger partial charge on any atom is 0.417 e. The Morgan fingerprint density at radius 1 is 0.743 bits per heavy atom. The molecule has 1 unspecified atom stereocenters. The van der Waals surface area contributed by atoms with E-state index in [1.54, 1.807) is 32.4 Å². The van der Waals surface area contributed by atoms with E-state index in [0.717, 1.165) is 74.2 Å². The Bertz CT molecular complexity index is 3290. The molecule has 1 fully saturated rings. The van der Waals surface area contributed by atoms with Gasteiger partial charge in [-0.25, -0.2) is 0 Å². The van der Waals surface area contributed by atoms with Crippen molar-refractivity contribution in [2.45, 2.75) is 94.9 Å². The highest BCUT2D eigenvalue weighted by Crippen LogP contribution is 2.55. The molecule has 0 radical (unpaired) electrons. The van der Waals surface area contributed by atoms with E-state index in [0.29, 0.717) is 34.3 Å². The third-order valence-electron chi connectivity index (χ3n) is 15.8. The highest BCUT2D eigenvalue weighted by molar-refractivity contribution is 6.04. The van der Waals surface area contributed by atoms with Crippen molar-refractivity contribution in [3.8, 4) is 22.6 Å². The van der Waals surface area contributed by atoms with Gasteiger partial charge in [0.05, 0.1) is 19.8 Å². The molecule has 2 aliphatic heterocycles. The Morgan fingerprint density at radius 3 is 2.03 bits per heavy atom. The molecule has 1 N–H and O–H groups in total. The minimum Gasteiger partial charge on any atom is -0.497 e. The molecule has 0 bridgehead atoms. The summed E-state index contributed by atoms with van der Waals surface area (Å²) in [5.74, 6) is 2.78. The van der Waals surface area contributed by atoms with E-state index >= 15 is 13.2 Å². The van der Waals surface area contributed by atoms with Crippen LogP contribution in [-0.2, 0) is 21.3 Å². The molecule has 2 heterocycles. The van der Waals surface area contributed by atoms with E-state index in [1.165, 1.54) is 69.1 Å². The summed E-state index contributed by atoms with van der Waals surface area (Å²) in [5, 5.41) is 4.38. The van der Waals surface area contributed by atoms with E-state index in [9.17, 15) is 4.79 Å². The SMILES string of the molecule is CCCCCC1CCC(c2ccc(-c3ccc(C(=O)Nc4ccc(C5=CC=C6C(=c7ccccc7=C7C8=C(C=CCC8)C(c8ccc(OC)cc8)(c8ccc(OC)cc8)OC67)O5)c(C(F)(F)F)c4)cc3)cc2)CC1. The normalized spacial score (nSPS) is 19.7. The monoisotopic (exact) mass is 991 g/mol. The lowest BCUT2D eigenvalue weighted by atomic mass is 9.69. The molecule has 0 spiro atoms.